The second kappa shape index (κ2) is 18.5. The summed E-state index contributed by atoms with van der Waals surface area (Å²) in [5.41, 5.74) is 8.09. The first kappa shape index (κ1) is 38.9. The molecule has 4 N–H and O–H groups in total. The topological polar surface area (TPSA) is 148 Å². The van der Waals surface area contributed by atoms with Crippen molar-refractivity contribution in [1.82, 2.24) is 40.6 Å². The number of rotatable bonds is 14. The lowest BCUT2D eigenvalue weighted by Gasteiger charge is -2.26. The Bertz CT molecular complexity index is 2140. The quantitative estimate of drug-likeness (QED) is 0.117. The Hall–Kier alpha value is -5.37. The number of benzene rings is 2. The lowest BCUT2D eigenvalue weighted by molar-refractivity contribution is 0.0904. The molecule has 294 valence electrons. The maximum Gasteiger partial charge on any atom is 0.270 e. The van der Waals surface area contributed by atoms with E-state index in [2.05, 4.69) is 73.5 Å². The maximum atomic E-state index is 13.6. The number of anilines is 1. The molecule has 2 amide bonds. The Balaban J connectivity index is 1.03. The highest BCUT2D eigenvalue weighted by atomic mass is 16.5. The van der Waals surface area contributed by atoms with Gasteiger partial charge in [-0.05, 0) is 92.7 Å². The van der Waals surface area contributed by atoms with E-state index in [9.17, 15) is 9.59 Å². The normalized spacial score (nSPS) is 15.3. The van der Waals surface area contributed by atoms with Gasteiger partial charge in [0, 0.05) is 75.3 Å². The van der Waals surface area contributed by atoms with E-state index < -0.39 is 0 Å². The molecule has 2 aromatic carbocycles. The molecule has 2 fully saturated rings. The van der Waals surface area contributed by atoms with E-state index in [1.807, 2.05) is 29.9 Å². The number of methoxy groups -OCH3 is 1. The highest BCUT2D eigenvalue weighted by Gasteiger charge is 2.23. The number of ether oxygens (including phenoxy) is 2. The number of nitrogens with one attached hydrogen (secondary N) is 4. The highest BCUT2D eigenvalue weighted by molar-refractivity contribution is 5.97. The molecule has 0 spiro atoms. The van der Waals surface area contributed by atoms with Crippen molar-refractivity contribution >= 4 is 28.5 Å². The minimum Gasteiger partial charge on any atom is -0.496 e. The van der Waals surface area contributed by atoms with Gasteiger partial charge >= 0.3 is 0 Å². The summed E-state index contributed by atoms with van der Waals surface area (Å²) >= 11 is 0. The summed E-state index contributed by atoms with van der Waals surface area (Å²) in [7, 11) is 1.67. The molecular formula is C43H53N9O4. The van der Waals surface area contributed by atoms with Crippen LogP contribution < -0.4 is 26.0 Å². The van der Waals surface area contributed by atoms with Crippen molar-refractivity contribution in [2.45, 2.75) is 71.8 Å². The van der Waals surface area contributed by atoms with Gasteiger partial charge in [-0.2, -0.15) is 5.10 Å². The van der Waals surface area contributed by atoms with E-state index in [0.29, 0.717) is 26.2 Å². The van der Waals surface area contributed by atoms with Crippen LogP contribution in [-0.2, 0) is 37.3 Å². The smallest absolute Gasteiger partial charge is 0.270 e. The lowest BCUT2D eigenvalue weighted by Crippen LogP contribution is -2.30. The molecule has 2 aliphatic rings. The van der Waals surface area contributed by atoms with Crippen molar-refractivity contribution in [3.05, 3.63) is 101 Å². The van der Waals surface area contributed by atoms with Crippen LogP contribution in [0.5, 0.6) is 5.75 Å². The SMILES string of the molecule is CCc1nc2c(cnn2CC)c(NC2CCOCC2)c1CNC(=O)c1cccc(C(=O)NCc2ccc(OC)c(-c3cccc(CN4CCCNCC4)c3)c2)n1. The molecule has 0 radical (unpaired) electrons. The van der Waals surface area contributed by atoms with Crippen molar-refractivity contribution in [3.8, 4) is 16.9 Å². The molecule has 3 aromatic heterocycles. The van der Waals surface area contributed by atoms with Crippen LogP contribution in [-0.4, -0.2) is 89.0 Å². The summed E-state index contributed by atoms with van der Waals surface area (Å²) in [4.78, 5) is 38.9. The molecule has 13 heteroatoms. The Labute approximate surface area is 328 Å². The van der Waals surface area contributed by atoms with E-state index in [0.717, 1.165) is 102 Å². The zero-order valence-corrected chi connectivity index (χ0v) is 32.7. The van der Waals surface area contributed by atoms with Crippen molar-refractivity contribution in [2.75, 3.05) is 51.8 Å². The molecule has 13 nitrogen and oxygen atoms in total. The van der Waals surface area contributed by atoms with E-state index in [-0.39, 0.29) is 42.3 Å². The minimum atomic E-state index is -0.377. The van der Waals surface area contributed by atoms with Gasteiger partial charge < -0.3 is 30.7 Å². The van der Waals surface area contributed by atoms with Crippen LogP contribution in [0.3, 0.4) is 0 Å². The number of carbonyl (C=O) groups is 2. The fourth-order valence-corrected chi connectivity index (χ4v) is 7.57. The number of hydrogen-bond acceptors (Lipinski definition) is 10. The molecule has 5 aromatic rings. The first-order chi connectivity index (χ1) is 27.4. The monoisotopic (exact) mass is 759 g/mol. The van der Waals surface area contributed by atoms with E-state index in [1.54, 1.807) is 25.3 Å². The standard InChI is InChI=1S/C43H53N9O4/c1-4-36-34(40(48-32-15-21-56-22-16-32)35-27-47-52(5-2)41(35)50-36)26-46-43(54)38-12-7-11-37(49-38)42(53)45-25-29-13-14-39(55-3)33(24-29)31-10-6-9-30(23-31)28-51-19-8-17-44-18-20-51/h6-7,9-14,23-24,27,32,44H,4-5,8,15-22,25-26,28H2,1-3H3,(H,45,53)(H,46,54)(H,48,50). The Kier molecular flexibility index (Phi) is 12.9. The maximum absolute atomic E-state index is 13.6. The van der Waals surface area contributed by atoms with Gasteiger partial charge in [-0.3, -0.25) is 14.5 Å². The minimum absolute atomic E-state index is 0.158. The van der Waals surface area contributed by atoms with Crippen molar-refractivity contribution in [1.29, 1.82) is 0 Å². The largest absolute Gasteiger partial charge is 0.496 e. The number of amides is 2. The second-order valence-corrected chi connectivity index (χ2v) is 14.4. The van der Waals surface area contributed by atoms with Gasteiger partial charge in [-0.25, -0.2) is 14.6 Å². The van der Waals surface area contributed by atoms with Crippen molar-refractivity contribution in [3.63, 3.8) is 0 Å². The number of pyridine rings is 2. The highest BCUT2D eigenvalue weighted by Crippen LogP contribution is 2.33. The predicted molar refractivity (Wildman–Crippen MR) is 218 cm³/mol. The van der Waals surface area contributed by atoms with Gasteiger partial charge in [0.2, 0.25) is 0 Å². The third-order valence-corrected chi connectivity index (χ3v) is 10.6. The first-order valence-corrected chi connectivity index (χ1v) is 19.9. The lowest BCUT2D eigenvalue weighted by atomic mass is 9.99. The van der Waals surface area contributed by atoms with Gasteiger partial charge in [0.1, 0.15) is 17.1 Å². The van der Waals surface area contributed by atoms with E-state index in [4.69, 9.17) is 14.5 Å². The number of aromatic nitrogens is 4. The third kappa shape index (κ3) is 9.18. The Morgan fingerprint density at radius 3 is 2.46 bits per heavy atom. The van der Waals surface area contributed by atoms with E-state index in [1.165, 1.54) is 5.56 Å². The number of nitrogens with zero attached hydrogens (tertiary/aromatic N) is 5. The molecule has 0 saturated carbocycles. The van der Waals surface area contributed by atoms with Gasteiger partial charge in [-0.1, -0.05) is 37.3 Å². The van der Waals surface area contributed by atoms with Crippen molar-refractivity contribution in [2.24, 2.45) is 0 Å². The number of aryl methyl sites for hydroxylation is 2. The first-order valence-electron chi connectivity index (χ1n) is 19.9. The van der Waals surface area contributed by atoms with Crippen LogP contribution in [0, 0.1) is 0 Å². The van der Waals surface area contributed by atoms with Crippen molar-refractivity contribution < 1.29 is 19.1 Å². The average molecular weight is 760 g/mol. The third-order valence-electron chi connectivity index (χ3n) is 10.6. The van der Waals surface area contributed by atoms with Crippen LogP contribution in [0.25, 0.3) is 22.2 Å². The molecule has 0 aliphatic carbocycles. The molecule has 2 aliphatic heterocycles. The van der Waals surface area contributed by atoms with Gasteiger partial charge in [0.05, 0.1) is 24.4 Å². The van der Waals surface area contributed by atoms with Crippen LogP contribution in [0.2, 0.25) is 0 Å². The Morgan fingerprint density at radius 1 is 0.911 bits per heavy atom. The second-order valence-electron chi connectivity index (χ2n) is 14.4. The summed E-state index contributed by atoms with van der Waals surface area (Å²) < 4.78 is 13.2. The molecule has 0 atom stereocenters. The zero-order chi connectivity index (χ0) is 38.9. The molecular weight excluding hydrogens is 707 g/mol. The number of fused-ring (bicyclic) bond motifs is 1. The van der Waals surface area contributed by atoms with Crippen LogP contribution >= 0.6 is 0 Å². The molecule has 5 heterocycles. The summed E-state index contributed by atoms with van der Waals surface area (Å²) in [5, 5.41) is 18.8. The van der Waals surface area contributed by atoms with Gasteiger partial charge in [0.15, 0.2) is 5.65 Å². The molecule has 2 saturated heterocycles. The summed E-state index contributed by atoms with van der Waals surface area (Å²) in [6.45, 7) is 11.8. The fourth-order valence-electron chi connectivity index (χ4n) is 7.57. The molecule has 0 unspecified atom stereocenters. The number of hydrogen-bond donors (Lipinski definition) is 4. The van der Waals surface area contributed by atoms with Gasteiger partial charge in [0.25, 0.3) is 11.8 Å². The predicted octanol–water partition coefficient (Wildman–Crippen LogP) is 5.33. The fraction of sp³-hybridized carbons (Fsp3) is 0.419. The summed E-state index contributed by atoms with van der Waals surface area (Å²) in [5.74, 6) is 0.0169. The molecule has 56 heavy (non-hydrogen) atoms. The summed E-state index contributed by atoms with van der Waals surface area (Å²) in [6.07, 6.45) is 5.46. The Morgan fingerprint density at radius 2 is 1.70 bits per heavy atom. The number of carbonyl (C=O) groups excluding carboxylic acids is 2. The van der Waals surface area contributed by atoms with Gasteiger partial charge in [-0.15, -0.1) is 0 Å². The zero-order valence-electron chi connectivity index (χ0n) is 32.7. The average Bonchev–Trinajstić information content (AvgIpc) is 3.49. The van der Waals surface area contributed by atoms with Crippen LogP contribution in [0.4, 0.5) is 5.69 Å². The van der Waals surface area contributed by atoms with E-state index >= 15 is 0 Å². The molecule has 7 rings (SSSR count). The van der Waals surface area contributed by atoms with Crippen LogP contribution in [0.1, 0.15) is 76.5 Å². The molecule has 0 bridgehead atoms. The van der Waals surface area contributed by atoms with Crippen LogP contribution in [0.15, 0.2) is 66.9 Å². The summed E-state index contributed by atoms with van der Waals surface area (Å²) in [6, 6.07) is 19.7.